The van der Waals surface area contributed by atoms with Gasteiger partial charge in [-0.15, -0.1) is 0 Å². The minimum absolute atomic E-state index is 0.163. The third-order valence-corrected chi connectivity index (χ3v) is 4.56. The highest BCUT2D eigenvalue weighted by atomic mass is 15.2. The van der Waals surface area contributed by atoms with Crippen molar-refractivity contribution in [1.82, 2.24) is 9.80 Å². The van der Waals surface area contributed by atoms with Crippen LogP contribution in [0, 0.1) is 6.92 Å². The largest absolute Gasteiger partial charge is 0.324 e. The first kappa shape index (κ1) is 15.5. The number of likely N-dealkylation sites (tertiary alicyclic amines) is 1. The van der Waals surface area contributed by atoms with Crippen molar-refractivity contribution in [1.29, 1.82) is 0 Å². The van der Waals surface area contributed by atoms with Gasteiger partial charge in [0.2, 0.25) is 0 Å². The zero-order chi connectivity index (χ0) is 14.5. The Morgan fingerprint density at radius 2 is 2.10 bits per heavy atom. The molecule has 0 spiro atoms. The maximum atomic E-state index is 6.37. The van der Waals surface area contributed by atoms with Gasteiger partial charge < -0.3 is 15.5 Å². The molecule has 0 aromatic heterocycles. The molecule has 0 bridgehead atoms. The molecule has 2 atom stereocenters. The fourth-order valence-electron chi connectivity index (χ4n) is 3.14. The van der Waals surface area contributed by atoms with Crippen molar-refractivity contribution >= 4 is 0 Å². The van der Waals surface area contributed by atoms with Crippen molar-refractivity contribution in [3.63, 3.8) is 0 Å². The SMILES string of the molecule is Cc1ccccc1C(N)CCN1CCCC(N(C)C)C1. The van der Waals surface area contributed by atoms with Gasteiger partial charge in [-0.3, -0.25) is 0 Å². The Hall–Kier alpha value is -0.900. The predicted octanol–water partition coefficient (Wildman–Crippen LogP) is 2.41. The van der Waals surface area contributed by atoms with Gasteiger partial charge in [-0.25, -0.2) is 0 Å². The summed E-state index contributed by atoms with van der Waals surface area (Å²) in [6.07, 6.45) is 3.68. The monoisotopic (exact) mass is 275 g/mol. The van der Waals surface area contributed by atoms with E-state index >= 15 is 0 Å². The van der Waals surface area contributed by atoms with Crippen molar-refractivity contribution in [2.24, 2.45) is 5.73 Å². The van der Waals surface area contributed by atoms with Crippen molar-refractivity contribution in [3.8, 4) is 0 Å². The van der Waals surface area contributed by atoms with Gasteiger partial charge in [-0.05, 0) is 64.5 Å². The second-order valence-electron chi connectivity index (χ2n) is 6.31. The van der Waals surface area contributed by atoms with Crippen LogP contribution in [0.15, 0.2) is 24.3 Å². The molecule has 0 saturated carbocycles. The molecule has 3 heteroatoms. The van der Waals surface area contributed by atoms with Crippen LogP contribution in [0.4, 0.5) is 0 Å². The topological polar surface area (TPSA) is 32.5 Å². The van der Waals surface area contributed by atoms with E-state index in [4.69, 9.17) is 5.73 Å². The summed E-state index contributed by atoms with van der Waals surface area (Å²) in [5.74, 6) is 0. The third kappa shape index (κ3) is 4.05. The molecule has 1 aliphatic rings. The minimum Gasteiger partial charge on any atom is -0.324 e. The average Bonchev–Trinajstić information content (AvgIpc) is 2.45. The van der Waals surface area contributed by atoms with E-state index in [2.05, 4.69) is 55.1 Å². The third-order valence-electron chi connectivity index (χ3n) is 4.56. The number of rotatable bonds is 5. The molecular formula is C17H29N3. The van der Waals surface area contributed by atoms with Crippen LogP contribution in [0.2, 0.25) is 0 Å². The number of hydrogen-bond donors (Lipinski definition) is 1. The van der Waals surface area contributed by atoms with E-state index in [-0.39, 0.29) is 6.04 Å². The molecule has 2 unspecified atom stereocenters. The van der Waals surface area contributed by atoms with Gasteiger partial charge in [0.25, 0.3) is 0 Å². The van der Waals surface area contributed by atoms with Crippen molar-refractivity contribution in [2.75, 3.05) is 33.7 Å². The number of nitrogens with zero attached hydrogens (tertiary/aromatic N) is 2. The smallest absolute Gasteiger partial charge is 0.0309 e. The summed E-state index contributed by atoms with van der Waals surface area (Å²) in [6.45, 7) is 5.68. The number of nitrogens with two attached hydrogens (primary N) is 1. The molecule has 112 valence electrons. The van der Waals surface area contributed by atoms with E-state index in [0.717, 1.165) is 13.0 Å². The molecule has 1 aromatic rings. The summed E-state index contributed by atoms with van der Waals surface area (Å²) in [5.41, 5.74) is 8.98. The Morgan fingerprint density at radius 1 is 1.35 bits per heavy atom. The minimum atomic E-state index is 0.163. The summed E-state index contributed by atoms with van der Waals surface area (Å²) in [6, 6.07) is 9.36. The molecule has 1 saturated heterocycles. The van der Waals surface area contributed by atoms with E-state index in [1.807, 2.05) is 0 Å². The molecular weight excluding hydrogens is 246 g/mol. The number of hydrogen-bond acceptors (Lipinski definition) is 3. The molecule has 1 fully saturated rings. The molecule has 2 N–H and O–H groups in total. The van der Waals surface area contributed by atoms with Crippen LogP contribution in [0.5, 0.6) is 0 Å². The van der Waals surface area contributed by atoms with Crippen LogP contribution in [0.25, 0.3) is 0 Å². The van der Waals surface area contributed by atoms with E-state index in [9.17, 15) is 0 Å². The lowest BCUT2D eigenvalue weighted by molar-refractivity contribution is 0.130. The van der Waals surface area contributed by atoms with Crippen molar-refractivity contribution in [3.05, 3.63) is 35.4 Å². The molecule has 1 aromatic carbocycles. The molecule has 20 heavy (non-hydrogen) atoms. The van der Waals surface area contributed by atoms with Crippen LogP contribution >= 0.6 is 0 Å². The van der Waals surface area contributed by atoms with Gasteiger partial charge in [0, 0.05) is 18.6 Å². The molecule has 3 nitrogen and oxygen atoms in total. The summed E-state index contributed by atoms with van der Waals surface area (Å²) in [5, 5.41) is 0. The van der Waals surface area contributed by atoms with E-state index in [1.54, 1.807) is 0 Å². The lowest BCUT2D eigenvalue weighted by atomic mass is 9.98. The summed E-state index contributed by atoms with van der Waals surface area (Å²) in [7, 11) is 4.38. The van der Waals surface area contributed by atoms with Crippen LogP contribution in [-0.2, 0) is 0 Å². The van der Waals surface area contributed by atoms with E-state index < -0.39 is 0 Å². The first-order valence-corrected chi connectivity index (χ1v) is 7.78. The molecule has 0 amide bonds. The maximum Gasteiger partial charge on any atom is 0.0309 e. The summed E-state index contributed by atoms with van der Waals surface area (Å²) >= 11 is 0. The van der Waals surface area contributed by atoms with Gasteiger partial charge in [-0.1, -0.05) is 24.3 Å². The van der Waals surface area contributed by atoms with Crippen LogP contribution in [0.3, 0.4) is 0 Å². The first-order chi connectivity index (χ1) is 9.58. The fourth-order valence-corrected chi connectivity index (χ4v) is 3.14. The maximum absolute atomic E-state index is 6.37. The molecule has 1 heterocycles. The van der Waals surface area contributed by atoms with E-state index in [0.29, 0.717) is 6.04 Å². The summed E-state index contributed by atoms with van der Waals surface area (Å²) in [4.78, 5) is 4.93. The lowest BCUT2D eigenvalue weighted by Crippen LogP contribution is -2.45. The quantitative estimate of drug-likeness (QED) is 0.895. The van der Waals surface area contributed by atoms with Crippen molar-refractivity contribution < 1.29 is 0 Å². The Bertz CT molecular complexity index is 416. The average molecular weight is 275 g/mol. The zero-order valence-corrected chi connectivity index (χ0v) is 13.2. The molecule has 0 radical (unpaired) electrons. The van der Waals surface area contributed by atoms with Gasteiger partial charge in [-0.2, -0.15) is 0 Å². The Balaban J connectivity index is 1.84. The lowest BCUT2D eigenvalue weighted by Gasteiger charge is -2.36. The van der Waals surface area contributed by atoms with E-state index in [1.165, 1.54) is 37.1 Å². The Morgan fingerprint density at radius 3 is 2.80 bits per heavy atom. The highest BCUT2D eigenvalue weighted by Gasteiger charge is 2.21. The Labute approximate surface area is 123 Å². The number of likely N-dealkylation sites (N-methyl/N-ethyl adjacent to an activating group) is 1. The van der Waals surface area contributed by atoms with Crippen LogP contribution in [-0.4, -0.2) is 49.6 Å². The number of piperidine rings is 1. The molecule has 0 aliphatic carbocycles. The number of aryl methyl sites for hydroxylation is 1. The Kier molecular flexibility index (Phi) is 5.58. The van der Waals surface area contributed by atoms with Gasteiger partial charge in [0.05, 0.1) is 0 Å². The normalized spacial score (nSPS) is 22.1. The standard InChI is InChI=1S/C17H29N3/c1-14-7-4-5-9-16(14)17(18)10-12-20-11-6-8-15(13-20)19(2)3/h4-5,7,9,15,17H,6,8,10-13,18H2,1-3H3. The van der Waals surface area contributed by atoms with Gasteiger partial charge >= 0.3 is 0 Å². The molecule has 2 rings (SSSR count). The molecule has 1 aliphatic heterocycles. The second-order valence-corrected chi connectivity index (χ2v) is 6.31. The highest BCUT2D eigenvalue weighted by Crippen LogP contribution is 2.20. The highest BCUT2D eigenvalue weighted by molar-refractivity contribution is 5.28. The predicted molar refractivity (Wildman–Crippen MR) is 85.9 cm³/mol. The second kappa shape index (κ2) is 7.21. The van der Waals surface area contributed by atoms with Crippen molar-refractivity contribution in [2.45, 2.75) is 38.3 Å². The van der Waals surface area contributed by atoms with Crippen LogP contribution in [0.1, 0.15) is 36.4 Å². The number of benzene rings is 1. The van der Waals surface area contributed by atoms with Crippen LogP contribution < -0.4 is 5.73 Å². The fraction of sp³-hybridized carbons (Fsp3) is 0.647. The van der Waals surface area contributed by atoms with Gasteiger partial charge in [0.1, 0.15) is 0 Å². The summed E-state index contributed by atoms with van der Waals surface area (Å²) < 4.78 is 0. The zero-order valence-electron chi connectivity index (χ0n) is 13.2. The first-order valence-electron chi connectivity index (χ1n) is 7.78. The van der Waals surface area contributed by atoms with Gasteiger partial charge in [0.15, 0.2) is 0 Å².